The van der Waals surface area contributed by atoms with Gasteiger partial charge in [-0.1, -0.05) is 0 Å². The second-order valence-corrected chi connectivity index (χ2v) is 6.30. The van der Waals surface area contributed by atoms with Gasteiger partial charge in [-0.05, 0) is 64.5 Å². The van der Waals surface area contributed by atoms with Crippen molar-refractivity contribution in [2.45, 2.75) is 69.6 Å². The van der Waals surface area contributed by atoms with Gasteiger partial charge >= 0.3 is 0 Å². The van der Waals surface area contributed by atoms with E-state index in [1.165, 1.54) is 71.0 Å². The predicted octanol–water partition coefficient (Wildman–Crippen LogP) is 2.16. The van der Waals surface area contributed by atoms with Gasteiger partial charge in [0, 0.05) is 25.2 Å². The number of ether oxygens (including phenoxy) is 1. The Bertz CT molecular complexity index is 243. The lowest BCUT2D eigenvalue weighted by molar-refractivity contribution is 0.0978. The van der Waals surface area contributed by atoms with Crippen LogP contribution in [0, 0.1) is 0 Å². The van der Waals surface area contributed by atoms with E-state index in [9.17, 15) is 0 Å². The molecule has 1 saturated carbocycles. The van der Waals surface area contributed by atoms with Crippen LogP contribution >= 0.6 is 0 Å². The molecule has 0 spiro atoms. The molecular formula is C15H28N2O. The summed E-state index contributed by atoms with van der Waals surface area (Å²) in [5.74, 6) is 0. The van der Waals surface area contributed by atoms with Gasteiger partial charge in [0.15, 0.2) is 0 Å². The molecule has 3 fully saturated rings. The molecule has 104 valence electrons. The van der Waals surface area contributed by atoms with Gasteiger partial charge in [0.1, 0.15) is 0 Å². The van der Waals surface area contributed by atoms with Crippen LogP contribution in [-0.4, -0.2) is 49.3 Å². The van der Waals surface area contributed by atoms with Crippen LogP contribution in [0.5, 0.6) is 0 Å². The van der Waals surface area contributed by atoms with E-state index in [1.54, 1.807) is 0 Å². The molecule has 0 amide bonds. The van der Waals surface area contributed by atoms with Crippen LogP contribution in [0.1, 0.15) is 51.4 Å². The fourth-order valence-corrected chi connectivity index (χ4v) is 3.45. The molecule has 2 aliphatic heterocycles. The Hall–Kier alpha value is -0.120. The van der Waals surface area contributed by atoms with E-state index >= 15 is 0 Å². The highest BCUT2D eigenvalue weighted by atomic mass is 16.5. The first-order valence-corrected chi connectivity index (χ1v) is 8.01. The van der Waals surface area contributed by atoms with E-state index in [0.717, 1.165) is 18.7 Å². The third-order valence-corrected chi connectivity index (χ3v) is 4.68. The van der Waals surface area contributed by atoms with E-state index in [2.05, 4.69) is 10.2 Å². The van der Waals surface area contributed by atoms with Crippen molar-refractivity contribution in [2.24, 2.45) is 0 Å². The minimum atomic E-state index is 0.579. The summed E-state index contributed by atoms with van der Waals surface area (Å²) >= 11 is 0. The summed E-state index contributed by atoms with van der Waals surface area (Å²) in [5.41, 5.74) is 0. The zero-order valence-corrected chi connectivity index (χ0v) is 11.6. The summed E-state index contributed by atoms with van der Waals surface area (Å²) in [4.78, 5) is 2.75. The van der Waals surface area contributed by atoms with Crippen LogP contribution in [0.25, 0.3) is 0 Å². The number of rotatable bonds is 7. The molecule has 1 aliphatic carbocycles. The summed E-state index contributed by atoms with van der Waals surface area (Å²) in [5, 5.41) is 3.63. The number of hydrogen-bond acceptors (Lipinski definition) is 3. The van der Waals surface area contributed by atoms with E-state index in [4.69, 9.17) is 4.74 Å². The minimum absolute atomic E-state index is 0.579. The molecule has 2 unspecified atom stereocenters. The maximum Gasteiger partial charge on any atom is 0.0576 e. The molecule has 1 N–H and O–H groups in total. The van der Waals surface area contributed by atoms with Crippen molar-refractivity contribution in [1.82, 2.24) is 10.2 Å². The maximum absolute atomic E-state index is 5.71. The lowest BCUT2D eigenvalue weighted by Crippen LogP contribution is -2.39. The number of nitrogens with zero attached hydrogens (tertiary/aromatic N) is 1. The fraction of sp³-hybridized carbons (Fsp3) is 1.00. The third kappa shape index (κ3) is 3.69. The SMILES string of the molecule is C1CNC(CN(CCCC2CCCO2)C2CC2)C1. The zero-order chi connectivity index (χ0) is 12.2. The van der Waals surface area contributed by atoms with Gasteiger partial charge in [-0.3, -0.25) is 4.90 Å². The van der Waals surface area contributed by atoms with Gasteiger partial charge in [-0.25, -0.2) is 0 Å². The van der Waals surface area contributed by atoms with Crippen molar-refractivity contribution in [1.29, 1.82) is 0 Å². The number of hydrogen-bond donors (Lipinski definition) is 1. The summed E-state index contributed by atoms with van der Waals surface area (Å²) in [7, 11) is 0. The summed E-state index contributed by atoms with van der Waals surface area (Å²) in [6.07, 6.45) is 11.4. The van der Waals surface area contributed by atoms with Gasteiger partial charge in [0.05, 0.1) is 6.10 Å². The smallest absolute Gasteiger partial charge is 0.0576 e. The molecular weight excluding hydrogens is 224 g/mol. The Labute approximate surface area is 111 Å². The second-order valence-electron chi connectivity index (χ2n) is 6.30. The maximum atomic E-state index is 5.71. The Morgan fingerprint density at radius 1 is 1.11 bits per heavy atom. The van der Waals surface area contributed by atoms with Gasteiger partial charge in [0.2, 0.25) is 0 Å². The first-order chi connectivity index (χ1) is 8.92. The van der Waals surface area contributed by atoms with E-state index in [1.807, 2.05) is 0 Å². The predicted molar refractivity (Wildman–Crippen MR) is 73.8 cm³/mol. The molecule has 3 aliphatic rings. The highest BCUT2D eigenvalue weighted by Gasteiger charge is 2.31. The monoisotopic (exact) mass is 252 g/mol. The first-order valence-electron chi connectivity index (χ1n) is 8.01. The van der Waals surface area contributed by atoms with Crippen LogP contribution in [0.15, 0.2) is 0 Å². The number of nitrogens with one attached hydrogen (secondary N) is 1. The largest absolute Gasteiger partial charge is 0.378 e. The second kappa shape index (κ2) is 6.36. The average molecular weight is 252 g/mol. The molecule has 3 heteroatoms. The molecule has 3 nitrogen and oxygen atoms in total. The molecule has 2 saturated heterocycles. The van der Waals surface area contributed by atoms with Crippen molar-refractivity contribution in [3.05, 3.63) is 0 Å². The topological polar surface area (TPSA) is 24.5 Å². The van der Waals surface area contributed by atoms with Gasteiger partial charge in [0.25, 0.3) is 0 Å². The summed E-state index contributed by atoms with van der Waals surface area (Å²) < 4.78 is 5.71. The quantitative estimate of drug-likeness (QED) is 0.751. The Morgan fingerprint density at radius 2 is 2.06 bits per heavy atom. The molecule has 0 radical (unpaired) electrons. The molecule has 0 aromatic rings. The molecule has 18 heavy (non-hydrogen) atoms. The lowest BCUT2D eigenvalue weighted by Gasteiger charge is -2.26. The van der Waals surface area contributed by atoms with Gasteiger partial charge in [-0.15, -0.1) is 0 Å². The minimum Gasteiger partial charge on any atom is -0.378 e. The fourth-order valence-electron chi connectivity index (χ4n) is 3.45. The Balaban J connectivity index is 1.36. The normalized spacial score (nSPS) is 32.5. The Kier molecular flexibility index (Phi) is 4.55. The molecule has 0 bridgehead atoms. The van der Waals surface area contributed by atoms with Crippen LogP contribution in [0.4, 0.5) is 0 Å². The van der Waals surface area contributed by atoms with E-state index in [-0.39, 0.29) is 0 Å². The van der Waals surface area contributed by atoms with E-state index < -0.39 is 0 Å². The molecule has 0 aromatic heterocycles. The Morgan fingerprint density at radius 3 is 2.72 bits per heavy atom. The summed E-state index contributed by atoms with van der Waals surface area (Å²) in [6, 6.07) is 1.69. The van der Waals surface area contributed by atoms with Gasteiger partial charge < -0.3 is 10.1 Å². The molecule has 3 rings (SSSR count). The highest BCUT2D eigenvalue weighted by Crippen LogP contribution is 2.28. The van der Waals surface area contributed by atoms with Crippen LogP contribution < -0.4 is 5.32 Å². The van der Waals surface area contributed by atoms with Crippen LogP contribution in [0.3, 0.4) is 0 Å². The van der Waals surface area contributed by atoms with Crippen molar-refractivity contribution in [2.75, 3.05) is 26.2 Å². The van der Waals surface area contributed by atoms with Crippen molar-refractivity contribution in [3.8, 4) is 0 Å². The highest BCUT2D eigenvalue weighted by molar-refractivity contribution is 4.88. The van der Waals surface area contributed by atoms with Crippen molar-refractivity contribution < 1.29 is 4.74 Å². The van der Waals surface area contributed by atoms with Crippen molar-refractivity contribution in [3.63, 3.8) is 0 Å². The third-order valence-electron chi connectivity index (χ3n) is 4.68. The lowest BCUT2D eigenvalue weighted by atomic mass is 10.1. The van der Waals surface area contributed by atoms with Crippen LogP contribution in [0.2, 0.25) is 0 Å². The first kappa shape index (κ1) is 12.9. The standard InChI is InChI=1S/C15H28N2O/c1-4-13(16-9-1)12-17(14-7-8-14)10-2-5-15-6-3-11-18-15/h13-16H,1-12H2. The van der Waals surface area contributed by atoms with Crippen LogP contribution in [-0.2, 0) is 4.74 Å². The average Bonchev–Trinajstić information content (AvgIpc) is 2.89. The van der Waals surface area contributed by atoms with Gasteiger partial charge in [-0.2, -0.15) is 0 Å². The summed E-state index contributed by atoms with van der Waals surface area (Å²) in [6.45, 7) is 4.82. The molecule has 2 atom stereocenters. The van der Waals surface area contributed by atoms with Crippen molar-refractivity contribution >= 4 is 0 Å². The zero-order valence-electron chi connectivity index (χ0n) is 11.6. The molecule has 0 aromatic carbocycles. The molecule has 2 heterocycles. The van der Waals surface area contributed by atoms with E-state index in [0.29, 0.717) is 6.10 Å².